The fraction of sp³-hybridized carbons (Fsp3) is 0.364. The molecule has 0 unspecified atom stereocenters. The van der Waals surface area contributed by atoms with E-state index < -0.39 is 5.91 Å². The highest BCUT2D eigenvalue weighted by molar-refractivity contribution is 5.92. The molecule has 15 heavy (non-hydrogen) atoms. The van der Waals surface area contributed by atoms with Gasteiger partial charge in [0.05, 0.1) is 0 Å². The molecule has 0 saturated carbocycles. The lowest BCUT2D eigenvalue weighted by Gasteiger charge is -2.10. The SMILES string of the molecule is CN(C)CCOc1ccc(C(N)=O)cc1. The minimum Gasteiger partial charge on any atom is -0.492 e. The van der Waals surface area contributed by atoms with Crippen molar-refractivity contribution in [1.29, 1.82) is 0 Å². The van der Waals surface area contributed by atoms with Gasteiger partial charge in [0.1, 0.15) is 12.4 Å². The summed E-state index contributed by atoms with van der Waals surface area (Å²) in [5.41, 5.74) is 5.61. The Labute approximate surface area is 89.6 Å². The maximum Gasteiger partial charge on any atom is 0.248 e. The Balaban J connectivity index is 2.46. The molecule has 1 amide bonds. The van der Waals surface area contributed by atoms with Crippen LogP contribution in [-0.4, -0.2) is 38.1 Å². The summed E-state index contributed by atoms with van der Waals surface area (Å²) in [6.07, 6.45) is 0. The molecular weight excluding hydrogens is 192 g/mol. The maximum atomic E-state index is 10.8. The molecule has 0 aliphatic rings. The molecule has 2 N–H and O–H groups in total. The first-order valence-electron chi connectivity index (χ1n) is 4.77. The summed E-state index contributed by atoms with van der Waals surface area (Å²) in [5, 5.41) is 0. The number of hydrogen-bond acceptors (Lipinski definition) is 3. The first-order chi connectivity index (χ1) is 7.09. The molecule has 0 saturated heterocycles. The van der Waals surface area contributed by atoms with E-state index in [0.29, 0.717) is 12.2 Å². The minimum absolute atomic E-state index is 0.421. The predicted molar refractivity (Wildman–Crippen MR) is 59.0 cm³/mol. The highest BCUT2D eigenvalue weighted by Crippen LogP contribution is 2.11. The van der Waals surface area contributed by atoms with Crippen molar-refractivity contribution in [2.24, 2.45) is 5.73 Å². The molecule has 0 fully saturated rings. The van der Waals surface area contributed by atoms with Gasteiger partial charge in [-0.3, -0.25) is 4.79 Å². The molecule has 1 aromatic rings. The summed E-state index contributed by atoms with van der Waals surface area (Å²) < 4.78 is 5.46. The minimum atomic E-state index is -0.421. The molecule has 1 aromatic carbocycles. The molecule has 0 aliphatic carbocycles. The van der Waals surface area contributed by atoms with Gasteiger partial charge in [0, 0.05) is 12.1 Å². The van der Waals surface area contributed by atoms with Crippen LogP contribution in [0, 0.1) is 0 Å². The van der Waals surface area contributed by atoms with Gasteiger partial charge in [0.25, 0.3) is 0 Å². The molecule has 4 heteroatoms. The number of ether oxygens (including phenoxy) is 1. The number of amides is 1. The van der Waals surface area contributed by atoms with Crippen molar-refractivity contribution in [2.45, 2.75) is 0 Å². The average molecular weight is 208 g/mol. The Morgan fingerprint density at radius 2 is 1.93 bits per heavy atom. The number of likely N-dealkylation sites (N-methyl/N-ethyl adjacent to an activating group) is 1. The van der Waals surface area contributed by atoms with Gasteiger partial charge in [-0.25, -0.2) is 0 Å². The number of nitrogens with two attached hydrogens (primary N) is 1. The van der Waals surface area contributed by atoms with Gasteiger partial charge in [-0.05, 0) is 38.4 Å². The molecule has 82 valence electrons. The molecular formula is C11H16N2O2. The Bertz CT molecular complexity index is 320. The first-order valence-corrected chi connectivity index (χ1v) is 4.77. The van der Waals surface area contributed by atoms with Crippen molar-refractivity contribution in [3.05, 3.63) is 29.8 Å². The van der Waals surface area contributed by atoms with Gasteiger partial charge < -0.3 is 15.4 Å². The fourth-order valence-corrected chi connectivity index (χ4v) is 1.06. The third kappa shape index (κ3) is 3.99. The predicted octanol–water partition coefficient (Wildman–Crippen LogP) is 0.726. The fourth-order valence-electron chi connectivity index (χ4n) is 1.06. The highest BCUT2D eigenvalue weighted by atomic mass is 16.5. The average Bonchev–Trinajstić information content (AvgIpc) is 2.18. The topological polar surface area (TPSA) is 55.6 Å². The van der Waals surface area contributed by atoms with Gasteiger partial charge in [0.2, 0.25) is 5.91 Å². The lowest BCUT2D eigenvalue weighted by Crippen LogP contribution is -2.19. The summed E-state index contributed by atoms with van der Waals surface area (Å²) in [6, 6.07) is 6.81. The number of hydrogen-bond donors (Lipinski definition) is 1. The molecule has 0 aromatic heterocycles. The molecule has 0 aliphatic heterocycles. The largest absolute Gasteiger partial charge is 0.492 e. The maximum absolute atomic E-state index is 10.8. The van der Waals surface area contributed by atoms with Crippen LogP contribution >= 0.6 is 0 Å². The lowest BCUT2D eigenvalue weighted by atomic mass is 10.2. The van der Waals surface area contributed by atoms with E-state index in [4.69, 9.17) is 10.5 Å². The third-order valence-electron chi connectivity index (χ3n) is 1.95. The number of rotatable bonds is 5. The van der Waals surface area contributed by atoms with Crippen molar-refractivity contribution in [1.82, 2.24) is 4.90 Å². The highest BCUT2D eigenvalue weighted by Gasteiger charge is 2.00. The molecule has 0 spiro atoms. The van der Waals surface area contributed by atoms with Crippen molar-refractivity contribution in [2.75, 3.05) is 27.2 Å². The van der Waals surface area contributed by atoms with Crippen molar-refractivity contribution in [3.8, 4) is 5.75 Å². The van der Waals surface area contributed by atoms with Crippen LogP contribution in [0.25, 0.3) is 0 Å². The monoisotopic (exact) mass is 208 g/mol. The quantitative estimate of drug-likeness (QED) is 0.776. The van der Waals surface area contributed by atoms with Gasteiger partial charge in [-0.1, -0.05) is 0 Å². The van der Waals surface area contributed by atoms with E-state index in [1.54, 1.807) is 24.3 Å². The molecule has 0 heterocycles. The van der Waals surface area contributed by atoms with E-state index in [2.05, 4.69) is 0 Å². The van der Waals surface area contributed by atoms with E-state index in [0.717, 1.165) is 12.3 Å². The van der Waals surface area contributed by atoms with E-state index in [1.165, 1.54) is 0 Å². The van der Waals surface area contributed by atoms with Crippen LogP contribution < -0.4 is 10.5 Å². The summed E-state index contributed by atoms with van der Waals surface area (Å²) in [4.78, 5) is 12.8. The standard InChI is InChI=1S/C11H16N2O2/c1-13(2)7-8-15-10-5-3-9(4-6-10)11(12)14/h3-6H,7-8H2,1-2H3,(H2,12,14). The zero-order chi connectivity index (χ0) is 11.3. The number of carbonyl (C=O) groups is 1. The summed E-state index contributed by atoms with van der Waals surface area (Å²) in [6.45, 7) is 1.49. The van der Waals surface area contributed by atoms with Crippen LogP contribution in [0.3, 0.4) is 0 Å². The second-order valence-electron chi connectivity index (χ2n) is 3.54. The van der Waals surface area contributed by atoms with Crippen LogP contribution in [0.1, 0.15) is 10.4 Å². The second kappa shape index (κ2) is 5.36. The van der Waals surface area contributed by atoms with Crippen molar-refractivity contribution in [3.63, 3.8) is 0 Å². The number of carbonyl (C=O) groups excluding carboxylic acids is 1. The molecule has 0 bridgehead atoms. The zero-order valence-corrected chi connectivity index (χ0v) is 9.06. The van der Waals surface area contributed by atoms with E-state index in [9.17, 15) is 4.79 Å². The summed E-state index contributed by atoms with van der Waals surface area (Å²) in [7, 11) is 3.97. The van der Waals surface area contributed by atoms with E-state index in [1.807, 2.05) is 19.0 Å². The number of nitrogens with zero attached hydrogens (tertiary/aromatic N) is 1. The Kier molecular flexibility index (Phi) is 4.12. The summed E-state index contributed by atoms with van der Waals surface area (Å²) in [5.74, 6) is 0.330. The molecule has 1 rings (SSSR count). The van der Waals surface area contributed by atoms with Crippen LogP contribution in [0.2, 0.25) is 0 Å². The normalized spacial score (nSPS) is 10.3. The van der Waals surface area contributed by atoms with E-state index in [-0.39, 0.29) is 0 Å². The third-order valence-corrected chi connectivity index (χ3v) is 1.95. The van der Waals surface area contributed by atoms with Gasteiger partial charge in [-0.2, -0.15) is 0 Å². The van der Waals surface area contributed by atoms with Crippen LogP contribution in [0.5, 0.6) is 5.75 Å². The smallest absolute Gasteiger partial charge is 0.248 e. The zero-order valence-electron chi connectivity index (χ0n) is 9.06. The number of benzene rings is 1. The lowest BCUT2D eigenvalue weighted by molar-refractivity contribution is 0.100. The molecule has 0 radical (unpaired) electrons. The van der Waals surface area contributed by atoms with E-state index >= 15 is 0 Å². The van der Waals surface area contributed by atoms with Crippen molar-refractivity contribution < 1.29 is 9.53 Å². The van der Waals surface area contributed by atoms with Gasteiger partial charge >= 0.3 is 0 Å². The van der Waals surface area contributed by atoms with Crippen molar-refractivity contribution >= 4 is 5.91 Å². The Hall–Kier alpha value is -1.55. The summed E-state index contributed by atoms with van der Waals surface area (Å²) >= 11 is 0. The first kappa shape index (κ1) is 11.5. The number of primary amides is 1. The van der Waals surface area contributed by atoms with Gasteiger partial charge in [-0.15, -0.1) is 0 Å². The molecule has 4 nitrogen and oxygen atoms in total. The van der Waals surface area contributed by atoms with Gasteiger partial charge in [0.15, 0.2) is 0 Å². The Morgan fingerprint density at radius 3 is 2.40 bits per heavy atom. The van der Waals surface area contributed by atoms with Crippen LogP contribution in [-0.2, 0) is 0 Å². The Morgan fingerprint density at radius 1 is 1.33 bits per heavy atom. The molecule has 0 atom stereocenters. The van der Waals surface area contributed by atoms with Crippen LogP contribution in [0.4, 0.5) is 0 Å². The second-order valence-corrected chi connectivity index (χ2v) is 3.54. The van der Waals surface area contributed by atoms with Crippen LogP contribution in [0.15, 0.2) is 24.3 Å².